The summed E-state index contributed by atoms with van der Waals surface area (Å²) < 4.78 is 0. The molecule has 1 amide bonds. The van der Waals surface area contributed by atoms with Gasteiger partial charge in [0.25, 0.3) is 5.91 Å². The summed E-state index contributed by atoms with van der Waals surface area (Å²) in [5, 5.41) is 23.6. The first-order valence-electron chi connectivity index (χ1n) is 5.30. The zero-order valence-corrected chi connectivity index (χ0v) is 9.40. The Morgan fingerprint density at radius 1 is 1.39 bits per heavy atom. The number of carbonyl (C=O) groups excluding carboxylic acids is 1. The molecule has 6 heteroatoms. The van der Waals surface area contributed by atoms with Crippen molar-refractivity contribution < 1.29 is 4.79 Å². The lowest BCUT2D eigenvalue weighted by Crippen LogP contribution is -2.32. The van der Waals surface area contributed by atoms with Gasteiger partial charge < -0.3 is 5.32 Å². The molecule has 0 aromatic heterocycles. The van der Waals surface area contributed by atoms with Crippen LogP contribution in [0.1, 0.15) is 15.9 Å². The number of anilines is 1. The van der Waals surface area contributed by atoms with Gasteiger partial charge in [-0.2, -0.15) is 15.6 Å². The quantitative estimate of drug-likeness (QED) is 0.588. The largest absolute Gasteiger partial charge is 0.352 e. The second-order valence-electron chi connectivity index (χ2n) is 3.63. The van der Waals surface area contributed by atoms with Gasteiger partial charge in [0.15, 0.2) is 0 Å². The molecule has 0 saturated heterocycles. The summed E-state index contributed by atoms with van der Waals surface area (Å²) in [6.45, 7) is 0.567. The molecule has 0 saturated carbocycles. The van der Waals surface area contributed by atoms with Crippen LogP contribution in [-0.2, 0) is 6.42 Å². The van der Waals surface area contributed by atoms with Gasteiger partial charge in [-0.1, -0.05) is 6.07 Å². The third kappa shape index (κ3) is 2.13. The average molecular weight is 239 g/mol. The fourth-order valence-electron chi connectivity index (χ4n) is 1.76. The van der Waals surface area contributed by atoms with E-state index in [9.17, 15) is 4.79 Å². The van der Waals surface area contributed by atoms with Crippen LogP contribution < -0.4 is 10.7 Å². The highest BCUT2D eigenvalue weighted by Crippen LogP contribution is 2.23. The molecule has 2 N–H and O–H groups in total. The van der Waals surface area contributed by atoms with Gasteiger partial charge >= 0.3 is 0 Å². The molecule has 0 atom stereocenters. The van der Waals surface area contributed by atoms with Crippen molar-refractivity contribution >= 4 is 17.3 Å². The Balaban J connectivity index is 2.34. The van der Waals surface area contributed by atoms with Crippen LogP contribution in [0, 0.1) is 22.7 Å². The molecule has 0 bridgehead atoms. The van der Waals surface area contributed by atoms with Crippen LogP contribution >= 0.6 is 0 Å². The van der Waals surface area contributed by atoms with Crippen LogP contribution in [0.3, 0.4) is 0 Å². The second-order valence-corrected chi connectivity index (χ2v) is 3.63. The lowest BCUT2D eigenvalue weighted by molar-refractivity contribution is 0.0946. The second kappa shape index (κ2) is 4.98. The van der Waals surface area contributed by atoms with E-state index in [0.717, 1.165) is 5.56 Å². The number of nitrogens with one attached hydrogen (secondary N) is 2. The van der Waals surface area contributed by atoms with E-state index in [1.807, 2.05) is 0 Å². The molecule has 1 aromatic carbocycles. The van der Waals surface area contributed by atoms with Crippen molar-refractivity contribution in [2.75, 3.05) is 12.0 Å². The molecule has 0 radical (unpaired) electrons. The summed E-state index contributed by atoms with van der Waals surface area (Å²) in [5.74, 6) is -0.121. The zero-order valence-electron chi connectivity index (χ0n) is 9.40. The van der Waals surface area contributed by atoms with E-state index in [0.29, 0.717) is 24.2 Å². The van der Waals surface area contributed by atoms with E-state index in [4.69, 9.17) is 10.5 Å². The van der Waals surface area contributed by atoms with Gasteiger partial charge in [-0.3, -0.25) is 10.2 Å². The smallest absolute Gasteiger partial charge is 0.251 e. The molecule has 0 fully saturated rings. The molecule has 2 rings (SSSR count). The van der Waals surface area contributed by atoms with E-state index in [2.05, 4.69) is 15.8 Å². The first kappa shape index (κ1) is 11.6. The molecule has 1 heterocycles. The number of fused-ring (bicyclic) bond motifs is 1. The van der Waals surface area contributed by atoms with Crippen LogP contribution in [0.5, 0.6) is 0 Å². The Bertz CT molecular complexity index is 590. The van der Waals surface area contributed by atoms with Gasteiger partial charge in [-0.05, 0) is 24.1 Å². The van der Waals surface area contributed by atoms with Crippen molar-refractivity contribution in [3.63, 3.8) is 0 Å². The Morgan fingerprint density at radius 2 is 2.17 bits per heavy atom. The van der Waals surface area contributed by atoms with Crippen molar-refractivity contribution in [2.45, 2.75) is 6.42 Å². The Hall–Kier alpha value is -2.86. The summed E-state index contributed by atoms with van der Waals surface area (Å²) in [6, 6.07) is 8.53. The molecular weight excluding hydrogens is 230 g/mol. The van der Waals surface area contributed by atoms with Crippen LogP contribution in [0.4, 0.5) is 5.69 Å². The number of rotatable bonds is 2. The Labute approximate surface area is 104 Å². The third-order valence-corrected chi connectivity index (χ3v) is 2.58. The molecule has 0 unspecified atom stereocenters. The van der Waals surface area contributed by atoms with Gasteiger partial charge in [0, 0.05) is 12.1 Å². The fraction of sp³-hybridized carbons (Fsp3) is 0.167. The van der Waals surface area contributed by atoms with Gasteiger partial charge in [0.05, 0.1) is 5.69 Å². The van der Waals surface area contributed by atoms with Gasteiger partial charge in [0.2, 0.25) is 5.71 Å². The van der Waals surface area contributed by atoms with Gasteiger partial charge in [-0.15, -0.1) is 0 Å². The first-order chi connectivity index (χ1) is 8.76. The van der Waals surface area contributed by atoms with Crippen molar-refractivity contribution in [3.8, 4) is 12.1 Å². The maximum absolute atomic E-state index is 11.6. The lowest BCUT2D eigenvalue weighted by atomic mass is 9.99. The molecule has 1 aliphatic rings. The highest BCUT2D eigenvalue weighted by atomic mass is 16.1. The summed E-state index contributed by atoms with van der Waals surface area (Å²) in [6.07, 6.45) is 0.689. The van der Waals surface area contributed by atoms with Gasteiger partial charge in [0.1, 0.15) is 12.1 Å². The van der Waals surface area contributed by atoms with Crippen LogP contribution in [0.15, 0.2) is 23.3 Å². The number of carbonyl (C=O) groups is 1. The Morgan fingerprint density at radius 3 is 2.89 bits per heavy atom. The summed E-state index contributed by atoms with van der Waals surface area (Å²) in [4.78, 5) is 11.6. The van der Waals surface area contributed by atoms with E-state index in [1.54, 1.807) is 30.3 Å². The fourth-order valence-corrected chi connectivity index (χ4v) is 1.76. The molecule has 0 aliphatic carbocycles. The topological polar surface area (TPSA) is 101 Å². The number of hydrogen-bond donors (Lipinski definition) is 2. The van der Waals surface area contributed by atoms with Crippen LogP contribution in [0.2, 0.25) is 0 Å². The summed E-state index contributed by atoms with van der Waals surface area (Å²) in [5.41, 5.74) is 4.49. The monoisotopic (exact) mass is 239 g/mol. The SMILES string of the molecule is N#CC(C#N)=NNc1cccc2c1CCNC2=O. The minimum absolute atomic E-state index is 0.121. The number of hydrogen-bond acceptors (Lipinski definition) is 5. The molecule has 88 valence electrons. The lowest BCUT2D eigenvalue weighted by Gasteiger charge is -2.18. The minimum atomic E-state index is -0.257. The number of hydrazone groups is 1. The highest BCUT2D eigenvalue weighted by molar-refractivity contribution is 6.10. The Kier molecular flexibility index (Phi) is 3.22. The maximum Gasteiger partial charge on any atom is 0.251 e. The molecule has 1 aliphatic heterocycles. The first-order valence-corrected chi connectivity index (χ1v) is 5.30. The zero-order chi connectivity index (χ0) is 13.0. The predicted octanol–water partition coefficient (Wildman–Crippen LogP) is 0.788. The molecule has 18 heavy (non-hydrogen) atoms. The molecule has 0 spiro atoms. The van der Waals surface area contributed by atoms with Crippen molar-refractivity contribution in [3.05, 3.63) is 29.3 Å². The average Bonchev–Trinajstić information content (AvgIpc) is 2.41. The van der Waals surface area contributed by atoms with Crippen molar-refractivity contribution in [1.82, 2.24) is 5.32 Å². The highest BCUT2D eigenvalue weighted by Gasteiger charge is 2.18. The number of amides is 1. The minimum Gasteiger partial charge on any atom is -0.352 e. The van der Waals surface area contributed by atoms with Crippen molar-refractivity contribution in [2.24, 2.45) is 5.10 Å². The van der Waals surface area contributed by atoms with Gasteiger partial charge in [-0.25, -0.2) is 0 Å². The van der Waals surface area contributed by atoms with Crippen molar-refractivity contribution in [1.29, 1.82) is 10.5 Å². The number of benzene rings is 1. The number of nitriles is 2. The predicted molar refractivity (Wildman–Crippen MR) is 64.8 cm³/mol. The van der Waals surface area contributed by atoms with Crippen LogP contribution in [-0.4, -0.2) is 18.2 Å². The van der Waals surface area contributed by atoms with E-state index >= 15 is 0 Å². The maximum atomic E-state index is 11.6. The van der Waals surface area contributed by atoms with E-state index in [-0.39, 0.29) is 11.6 Å². The number of nitrogens with zero attached hydrogens (tertiary/aromatic N) is 3. The molecule has 6 nitrogen and oxygen atoms in total. The van der Waals surface area contributed by atoms with Crippen LogP contribution in [0.25, 0.3) is 0 Å². The van der Waals surface area contributed by atoms with E-state index < -0.39 is 0 Å². The molecule has 1 aromatic rings. The summed E-state index contributed by atoms with van der Waals surface area (Å²) in [7, 11) is 0. The normalized spacial score (nSPS) is 12.4. The molecular formula is C12H9N5O. The third-order valence-electron chi connectivity index (χ3n) is 2.58. The van der Waals surface area contributed by atoms with E-state index in [1.165, 1.54) is 0 Å². The standard InChI is InChI=1S/C12H9N5O/c13-6-8(7-14)16-17-11-3-1-2-10-9(11)4-5-15-12(10)18/h1-3,17H,4-5H2,(H,15,18). The summed E-state index contributed by atoms with van der Waals surface area (Å²) >= 11 is 0.